The van der Waals surface area contributed by atoms with Gasteiger partial charge in [-0.05, 0) is 31.2 Å². The lowest BCUT2D eigenvalue weighted by molar-refractivity contribution is 0.506. The van der Waals surface area contributed by atoms with Gasteiger partial charge >= 0.3 is 0 Å². The normalized spacial score (nSPS) is 17.1. The summed E-state index contributed by atoms with van der Waals surface area (Å²) >= 11 is 5.80. The molecule has 0 radical (unpaired) electrons. The Hall–Kier alpha value is -0.790. The van der Waals surface area contributed by atoms with E-state index >= 15 is 0 Å². The van der Waals surface area contributed by atoms with Gasteiger partial charge in [-0.15, -0.1) is 0 Å². The van der Waals surface area contributed by atoms with E-state index in [0.717, 1.165) is 5.92 Å². The molecule has 0 heterocycles. The third-order valence-corrected chi connectivity index (χ3v) is 3.18. The van der Waals surface area contributed by atoms with E-state index < -0.39 is 0 Å². The van der Waals surface area contributed by atoms with Crippen LogP contribution < -0.4 is 5.32 Å². The highest BCUT2D eigenvalue weighted by Gasteiger charge is 2.31. The summed E-state index contributed by atoms with van der Waals surface area (Å²) < 4.78 is 0. The van der Waals surface area contributed by atoms with E-state index in [0.29, 0.717) is 17.6 Å². The molecule has 0 aromatic heterocycles. The molecule has 16 heavy (non-hydrogen) atoms. The van der Waals surface area contributed by atoms with Gasteiger partial charge in [0, 0.05) is 17.6 Å². The van der Waals surface area contributed by atoms with E-state index in [1.165, 1.54) is 24.0 Å². The molecule has 1 unspecified atom stereocenters. The molecule has 2 rings (SSSR count). The molecular formula is C14H18ClN. The molecular weight excluding hydrogens is 218 g/mol. The zero-order valence-corrected chi connectivity index (χ0v) is 10.4. The van der Waals surface area contributed by atoms with Crippen molar-refractivity contribution in [1.29, 1.82) is 0 Å². The molecule has 1 N–H and O–H groups in total. The summed E-state index contributed by atoms with van der Waals surface area (Å²) in [5, 5.41) is 4.16. The molecule has 2 heteroatoms. The van der Waals surface area contributed by atoms with E-state index in [-0.39, 0.29) is 0 Å². The second-order valence-electron chi connectivity index (χ2n) is 4.62. The van der Waals surface area contributed by atoms with Crippen molar-refractivity contribution in [3.05, 3.63) is 47.0 Å². The fourth-order valence-electron chi connectivity index (χ4n) is 1.98. The Labute approximate surface area is 103 Å². The number of nitrogens with one attached hydrogen (secondary N) is 1. The number of hydrogen-bond acceptors (Lipinski definition) is 1. The van der Waals surface area contributed by atoms with Gasteiger partial charge in [-0.1, -0.05) is 48.0 Å². The maximum Gasteiger partial charge on any atom is 0.0351 e. The zero-order chi connectivity index (χ0) is 11.5. The molecule has 1 aliphatic carbocycles. The van der Waals surface area contributed by atoms with Crippen molar-refractivity contribution in [3.63, 3.8) is 0 Å². The van der Waals surface area contributed by atoms with E-state index in [9.17, 15) is 0 Å². The van der Waals surface area contributed by atoms with Crippen LogP contribution in [0.2, 0.25) is 0 Å². The summed E-state index contributed by atoms with van der Waals surface area (Å²) in [4.78, 5) is 0. The summed E-state index contributed by atoms with van der Waals surface area (Å²) in [5.41, 5.74) is 2.67. The molecule has 0 bridgehead atoms. The SMILES string of the molecule is C=C(Cl)CNC(c1ccc(C)cc1)C1CC1. The quantitative estimate of drug-likeness (QED) is 0.819. The van der Waals surface area contributed by atoms with Gasteiger partial charge < -0.3 is 5.32 Å². The third-order valence-electron chi connectivity index (χ3n) is 3.04. The number of halogens is 1. The average Bonchev–Trinajstić information content (AvgIpc) is 3.04. The Morgan fingerprint density at radius 2 is 2.06 bits per heavy atom. The lowest BCUT2D eigenvalue weighted by Gasteiger charge is -2.18. The number of hydrogen-bond donors (Lipinski definition) is 1. The first-order valence-corrected chi connectivity index (χ1v) is 6.18. The van der Waals surface area contributed by atoms with Crippen LogP contribution in [-0.2, 0) is 0 Å². The summed E-state index contributed by atoms with van der Waals surface area (Å²) in [7, 11) is 0. The number of aryl methyl sites for hydroxylation is 1. The number of rotatable bonds is 5. The van der Waals surface area contributed by atoms with Gasteiger partial charge in [-0.25, -0.2) is 0 Å². The predicted molar refractivity (Wildman–Crippen MR) is 69.6 cm³/mol. The molecule has 1 nitrogen and oxygen atoms in total. The van der Waals surface area contributed by atoms with Crippen LogP contribution in [0, 0.1) is 12.8 Å². The highest BCUT2D eigenvalue weighted by Crippen LogP contribution is 2.41. The summed E-state index contributed by atoms with van der Waals surface area (Å²) in [5.74, 6) is 0.777. The van der Waals surface area contributed by atoms with Gasteiger partial charge in [0.2, 0.25) is 0 Å². The predicted octanol–water partition coefficient (Wildman–Crippen LogP) is 3.79. The van der Waals surface area contributed by atoms with Crippen molar-refractivity contribution >= 4 is 11.6 Å². The Morgan fingerprint density at radius 3 is 2.56 bits per heavy atom. The van der Waals surface area contributed by atoms with E-state index in [1.807, 2.05) is 0 Å². The van der Waals surface area contributed by atoms with Crippen LogP contribution in [0.15, 0.2) is 35.9 Å². The average molecular weight is 236 g/mol. The first kappa shape index (κ1) is 11.7. The maximum absolute atomic E-state index is 5.80. The van der Waals surface area contributed by atoms with Crippen LogP contribution in [0.1, 0.15) is 30.0 Å². The molecule has 1 aromatic rings. The summed E-state index contributed by atoms with van der Waals surface area (Å²) in [6, 6.07) is 9.20. The maximum atomic E-state index is 5.80. The first-order chi connectivity index (χ1) is 7.66. The Bertz CT molecular complexity index is 365. The molecule has 86 valence electrons. The lowest BCUT2D eigenvalue weighted by Crippen LogP contribution is -2.24. The van der Waals surface area contributed by atoms with Crippen LogP contribution in [-0.4, -0.2) is 6.54 Å². The van der Waals surface area contributed by atoms with Gasteiger partial charge in [0.15, 0.2) is 0 Å². The molecule has 1 aliphatic rings. The summed E-state index contributed by atoms with van der Waals surface area (Å²) in [6.45, 7) is 6.52. The molecule has 0 amide bonds. The highest BCUT2D eigenvalue weighted by atomic mass is 35.5. The molecule has 0 spiro atoms. The fraction of sp³-hybridized carbons (Fsp3) is 0.429. The van der Waals surface area contributed by atoms with Gasteiger partial charge in [-0.2, -0.15) is 0 Å². The van der Waals surface area contributed by atoms with Crippen LogP contribution in [0.4, 0.5) is 0 Å². The third kappa shape index (κ3) is 3.10. The minimum atomic E-state index is 0.441. The fourth-order valence-corrected chi connectivity index (χ4v) is 2.06. The first-order valence-electron chi connectivity index (χ1n) is 5.80. The molecule has 0 saturated heterocycles. The van der Waals surface area contributed by atoms with Crippen molar-refractivity contribution in [2.75, 3.05) is 6.54 Å². The van der Waals surface area contributed by atoms with Crippen LogP contribution in [0.25, 0.3) is 0 Å². The smallest absolute Gasteiger partial charge is 0.0351 e. The van der Waals surface area contributed by atoms with Crippen molar-refractivity contribution in [1.82, 2.24) is 5.32 Å². The van der Waals surface area contributed by atoms with Crippen molar-refractivity contribution in [2.24, 2.45) is 5.92 Å². The van der Waals surface area contributed by atoms with Crippen LogP contribution in [0.3, 0.4) is 0 Å². The van der Waals surface area contributed by atoms with Crippen LogP contribution >= 0.6 is 11.6 Å². The molecule has 1 saturated carbocycles. The Morgan fingerprint density at radius 1 is 1.44 bits per heavy atom. The van der Waals surface area contributed by atoms with E-state index in [1.54, 1.807) is 0 Å². The zero-order valence-electron chi connectivity index (χ0n) is 9.67. The monoisotopic (exact) mass is 235 g/mol. The van der Waals surface area contributed by atoms with Gasteiger partial charge in [-0.3, -0.25) is 0 Å². The molecule has 1 atom stereocenters. The van der Waals surface area contributed by atoms with Crippen molar-refractivity contribution in [3.8, 4) is 0 Å². The largest absolute Gasteiger partial charge is 0.305 e. The molecule has 0 aliphatic heterocycles. The molecule has 1 fully saturated rings. The summed E-state index contributed by atoms with van der Waals surface area (Å²) in [6.07, 6.45) is 2.64. The van der Waals surface area contributed by atoms with Crippen molar-refractivity contribution in [2.45, 2.75) is 25.8 Å². The second-order valence-corrected chi connectivity index (χ2v) is 5.16. The van der Waals surface area contributed by atoms with E-state index in [2.05, 4.69) is 43.1 Å². The molecule has 1 aromatic carbocycles. The minimum Gasteiger partial charge on any atom is -0.305 e. The lowest BCUT2D eigenvalue weighted by atomic mass is 10.0. The second kappa shape index (κ2) is 5.03. The topological polar surface area (TPSA) is 12.0 Å². The standard InChI is InChI=1S/C14H18ClN/c1-10-3-5-12(6-4-10)14(13-7-8-13)16-9-11(2)15/h3-6,13-14,16H,2,7-9H2,1H3. The van der Waals surface area contributed by atoms with Gasteiger partial charge in [0.25, 0.3) is 0 Å². The van der Waals surface area contributed by atoms with E-state index in [4.69, 9.17) is 11.6 Å². The van der Waals surface area contributed by atoms with Gasteiger partial charge in [0.1, 0.15) is 0 Å². The van der Waals surface area contributed by atoms with Crippen LogP contribution in [0.5, 0.6) is 0 Å². The Balaban J connectivity index is 2.06. The van der Waals surface area contributed by atoms with Gasteiger partial charge in [0.05, 0.1) is 0 Å². The van der Waals surface area contributed by atoms with Crippen molar-refractivity contribution < 1.29 is 0 Å². The Kier molecular flexibility index (Phi) is 3.67. The highest BCUT2D eigenvalue weighted by molar-refractivity contribution is 6.29. The number of benzene rings is 1. The minimum absolute atomic E-state index is 0.441.